The lowest BCUT2D eigenvalue weighted by molar-refractivity contribution is 0.819. The van der Waals surface area contributed by atoms with E-state index in [1.165, 1.54) is 11.8 Å². The molecule has 142 valence electrons. The lowest BCUT2D eigenvalue weighted by atomic mass is 10.2. The lowest BCUT2D eigenvalue weighted by Crippen LogP contribution is -2.21. The first-order valence-corrected chi connectivity index (χ1v) is 10.8. The summed E-state index contributed by atoms with van der Waals surface area (Å²) >= 11 is 4.99. The highest BCUT2D eigenvalue weighted by atomic mass is 79.9. The van der Waals surface area contributed by atoms with Gasteiger partial charge in [-0.25, -0.2) is 9.97 Å². The number of pyridine rings is 1. The number of thioether (sulfide) groups is 1. The van der Waals surface area contributed by atoms with Crippen molar-refractivity contribution in [1.29, 1.82) is 0 Å². The Morgan fingerprint density at radius 2 is 1.69 bits per heavy atom. The third-order valence-corrected chi connectivity index (χ3v) is 6.01. The van der Waals surface area contributed by atoms with Gasteiger partial charge in [0.15, 0.2) is 5.16 Å². The van der Waals surface area contributed by atoms with Crippen LogP contribution in [0.4, 0.5) is 0 Å². The molecule has 5 rings (SSSR count). The Labute approximate surface area is 179 Å². The minimum atomic E-state index is -0.0665. The van der Waals surface area contributed by atoms with Crippen molar-refractivity contribution >= 4 is 44.2 Å². The van der Waals surface area contributed by atoms with Crippen LogP contribution < -0.4 is 5.56 Å². The van der Waals surface area contributed by atoms with Crippen LogP contribution in [-0.2, 0) is 5.75 Å². The van der Waals surface area contributed by atoms with E-state index in [1.54, 1.807) is 4.57 Å². The summed E-state index contributed by atoms with van der Waals surface area (Å²) in [5.41, 5.74) is 3.25. The number of hydrogen-bond acceptors (Lipinski definition) is 4. The van der Waals surface area contributed by atoms with Crippen molar-refractivity contribution in [3.63, 3.8) is 0 Å². The Bertz CT molecular complexity index is 1390. The molecule has 7 heteroatoms. The predicted octanol–water partition coefficient (Wildman–Crippen LogP) is 5.09. The highest BCUT2D eigenvalue weighted by Crippen LogP contribution is 2.25. The minimum Gasteiger partial charge on any atom is -0.306 e. The zero-order chi connectivity index (χ0) is 19.8. The number of imidazole rings is 1. The van der Waals surface area contributed by atoms with Crippen LogP contribution >= 0.6 is 27.7 Å². The van der Waals surface area contributed by atoms with Crippen LogP contribution in [0.15, 0.2) is 93.5 Å². The summed E-state index contributed by atoms with van der Waals surface area (Å²) in [4.78, 5) is 22.7. The van der Waals surface area contributed by atoms with Crippen molar-refractivity contribution in [3.05, 3.63) is 99.6 Å². The first-order chi connectivity index (χ1) is 14.2. The van der Waals surface area contributed by atoms with Crippen LogP contribution in [0.1, 0.15) is 5.69 Å². The molecule has 29 heavy (non-hydrogen) atoms. The SMILES string of the molecule is O=c1c2ccccc2nc(SCc2cn3cc(Br)ccc3n2)n1-c1ccccc1. The first kappa shape index (κ1) is 18.1. The van der Waals surface area contributed by atoms with Gasteiger partial charge in [-0.2, -0.15) is 0 Å². The van der Waals surface area contributed by atoms with Crippen molar-refractivity contribution < 1.29 is 0 Å². The molecular formula is C22H15BrN4OS. The van der Waals surface area contributed by atoms with Gasteiger partial charge >= 0.3 is 0 Å². The van der Waals surface area contributed by atoms with Gasteiger partial charge in [0.05, 0.1) is 22.3 Å². The normalized spacial score (nSPS) is 11.3. The maximum atomic E-state index is 13.2. The third-order valence-electron chi connectivity index (χ3n) is 4.57. The van der Waals surface area contributed by atoms with E-state index in [9.17, 15) is 4.79 Å². The summed E-state index contributed by atoms with van der Waals surface area (Å²) in [5.74, 6) is 0.608. The Morgan fingerprint density at radius 3 is 2.55 bits per heavy atom. The standard InChI is InChI=1S/C22H15BrN4OS/c23-15-10-11-20-24-16(13-26(20)12-15)14-29-22-25-19-9-5-4-8-18(19)21(28)27(22)17-6-2-1-3-7-17/h1-13H,14H2. The zero-order valence-corrected chi connectivity index (χ0v) is 17.6. The topological polar surface area (TPSA) is 52.2 Å². The molecule has 3 aromatic heterocycles. The van der Waals surface area contributed by atoms with E-state index in [0.29, 0.717) is 21.8 Å². The average molecular weight is 463 g/mol. The predicted molar refractivity (Wildman–Crippen MR) is 120 cm³/mol. The molecule has 0 saturated heterocycles. The smallest absolute Gasteiger partial charge is 0.266 e. The third kappa shape index (κ3) is 3.47. The van der Waals surface area contributed by atoms with Crippen LogP contribution in [0.25, 0.3) is 22.2 Å². The number of para-hydroxylation sites is 2. The van der Waals surface area contributed by atoms with Gasteiger partial charge in [-0.15, -0.1) is 0 Å². The van der Waals surface area contributed by atoms with E-state index in [2.05, 4.69) is 20.9 Å². The molecule has 0 aliphatic carbocycles. The molecule has 2 aromatic carbocycles. The molecule has 0 aliphatic rings. The van der Waals surface area contributed by atoms with Crippen LogP contribution in [0.3, 0.4) is 0 Å². The quantitative estimate of drug-likeness (QED) is 0.275. The number of rotatable bonds is 4. The van der Waals surface area contributed by atoms with E-state index in [-0.39, 0.29) is 5.56 Å². The van der Waals surface area contributed by atoms with Crippen molar-refractivity contribution in [2.24, 2.45) is 0 Å². The molecule has 0 N–H and O–H groups in total. The number of nitrogens with zero attached hydrogens (tertiary/aromatic N) is 4. The molecule has 0 bridgehead atoms. The Hall–Kier alpha value is -2.90. The fourth-order valence-electron chi connectivity index (χ4n) is 3.24. The largest absolute Gasteiger partial charge is 0.306 e. The Kier molecular flexibility index (Phi) is 4.69. The van der Waals surface area contributed by atoms with Gasteiger partial charge in [-0.3, -0.25) is 9.36 Å². The summed E-state index contributed by atoms with van der Waals surface area (Å²) < 4.78 is 4.66. The molecule has 0 unspecified atom stereocenters. The molecule has 3 heterocycles. The summed E-state index contributed by atoms with van der Waals surface area (Å²) in [6, 6.07) is 21.0. The monoisotopic (exact) mass is 462 g/mol. The van der Waals surface area contributed by atoms with Crippen molar-refractivity contribution in [2.45, 2.75) is 10.9 Å². The second-order valence-electron chi connectivity index (χ2n) is 6.52. The summed E-state index contributed by atoms with van der Waals surface area (Å²) in [5, 5.41) is 1.26. The highest BCUT2D eigenvalue weighted by molar-refractivity contribution is 9.10. The fourth-order valence-corrected chi connectivity index (χ4v) is 4.49. The van der Waals surface area contributed by atoms with Crippen LogP contribution in [0.2, 0.25) is 0 Å². The van der Waals surface area contributed by atoms with Gasteiger partial charge in [-0.1, -0.05) is 42.1 Å². The number of hydrogen-bond donors (Lipinski definition) is 0. The number of benzene rings is 2. The van der Waals surface area contributed by atoms with E-state index in [0.717, 1.165) is 21.5 Å². The first-order valence-electron chi connectivity index (χ1n) is 9.02. The molecule has 0 aliphatic heterocycles. The van der Waals surface area contributed by atoms with Crippen LogP contribution in [-0.4, -0.2) is 18.9 Å². The number of halogens is 1. The summed E-state index contributed by atoms with van der Waals surface area (Å²) in [6.07, 6.45) is 3.98. The van der Waals surface area contributed by atoms with Gasteiger partial charge in [0.2, 0.25) is 0 Å². The van der Waals surface area contributed by atoms with E-state index >= 15 is 0 Å². The Balaban J connectivity index is 1.58. The second kappa shape index (κ2) is 7.50. The molecule has 0 atom stereocenters. The van der Waals surface area contributed by atoms with Crippen molar-refractivity contribution in [1.82, 2.24) is 18.9 Å². The zero-order valence-electron chi connectivity index (χ0n) is 15.2. The molecule has 5 aromatic rings. The molecular weight excluding hydrogens is 448 g/mol. The Morgan fingerprint density at radius 1 is 0.897 bits per heavy atom. The van der Waals surface area contributed by atoms with E-state index in [4.69, 9.17) is 4.98 Å². The lowest BCUT2D eigenvalue weighted by Gasteiger charge is -2.12. The molecule has 0 radical (unpaired) electrons. The van der Waals surface area contributed by atoms with Crippen LogP contribution in [0.5, 0.6) is 0 Å². The summed E-state index contributed by atoms with van der Waals surface area (Å²) in [6.45, 7) is 0. The summed E-state index contributed by atoms with van der Waals surface area (Å²) in [7, 11) is 0. The number of fused-ring (bicyclic) bond motifs is 2. The molecule has 5 nitrogen and oxygen atoms in total. The van der Waals surface area contributed by atoms with Crippen LogP contribution in [0, 0.1) is 0 Å². The maximum Gasteiger partial charge on any atom is 0.266 e. The molecule has 0 fully saturated rings. The average Bonchev–Trinajstić information content (AvgIpc) is 3.15. The van der Waals surface area contributed by atoms with Crippen molar-refractivity contribution in [3.8, 4) is 5.69 Å². The van der Waals surface area contributed by atoms with E-state index in [1.807, 2.05) is 83.5 Å². The molecule has 0 saturated carbocycles. The number of aromatic nitrogens is 4. The van der Waals surface area contributed by atoms with Gasteiger partial charge in [0.1, 0.15) is 5.65 Å². The van der Waals surface area contributed by atoms with Crippen molar-refractivity contribution in [2.75, 3.05) is 0 Å². The van der Waals surface area contributed by atoms with E-state index < -0.39 is 0 Å². The second-order valence-corrected chi connectivity index (χ2v) is 8.38. The fraction of sp³-hybridized carbons (Fsp3) is 0.0455. The molecule has 0 amide bonds. The van der Waals surface area contributed by atoms with Gasteiger partial charge in [0.25, 0.3) is 5.56 Å². The maximum absolute atomic E-state index is 13.2. The highest BCUT2D eigenvalue weighted by Gasteiger charge is 2.14. The van der Waals surface area contributed by atoms with Gasteiger partial charge in [0, 0.05) is 22.6 Å². The minimum absolute atomic E-state index is 0.0665. The van der Waals surface area contributed by atoms with Gasteiger partial charge < -0.3 is 4.40 Å². The molecule has 0 spiro atoms. The van der Waals surface area contributed by atoms with Gasteiger partial charge in [-0.05, 0) is 52.3 Å².